The van der Waals surface area contributed by atoms with Crippen molar-refractivity contribution in [2.24, 2.45) is 5.41 Å². The topological polar surface area (TPSA) is 69.6 Å². The Hall–Kier alpha value is -1.36. The second kappa shape index (κ2) is 7.27. The lowest BCUT2D eigenvalue weighted by atomic mass is 9.76. The third-order valence-corrected chi connectivity index (χ3v) is 4.61. The van der Waals surface area contributed by atoms with Crippen LogP contribution in [0.5, 0.6) is 0 Å². The Bertz CT molecular complexity index is 453. The van der Waals surface area contributed by atoms with Crippen LogP contribution in [0.3, 0.4) is 0 Å². The molecule has 0 bridgehead atoms. The molecule has 2 N–H and O–H groups in total. The van der Waals surface area contributed by atoms with E-state index in [9.17, 15) is 14.7 Å². The Morgan fingerprint density at radius 1 is 1.36 bits per heavy atom. The summed E-state index contributed by atoms with van der Waals surface area (Å²) < 4.78 is 0. The van der Waals surface area contributed by atoms with E-state index in [0.717, 1.165) is 37.8 Å². The smallest absolute Gasteiger partial charge is 0.311 e. The van der Waals surface area contributed by atoms with Crippen molar-refractivity contribution in [2.75, 3.05) is 19.6 Å². The molecule has 5 heteroatoms. The zero-order valence-electron chi connectivity index (χ0n) is 13.7. The van der Waals surface area contributed by atoms with E-state index < -0.39 is 11.4 Å². The summed E-state index contributed by atoms with van der Waals surface area (Å²) >= 11 is 0. The van der Waals surface area contributed by atoms with Gasteiger partial charge in [-0.25, -0.2) is 0 Å². The number of hydrogen-bond donors (Lipinski definition) is 2. The largest absolute Gasteiger partial charge is 0.481 e. The number of rotatable bonds is 7. The fourth-order valence-corrected chi connectivity index (χ4v) is 3.03. The molecule has 0 unspecified atom stereocenters. The molecule has 1 saturated carbocycles. The Labute approximate surface area is 132 Å². The monoisotopic (exact) mass is 308 g/mol. The third kappa shape index (κ3) is 4.83. The van der Waals surface area contributed by atoms with Gasteiger partial charge in [-0.1, -0.05) is 11.6 Å². The van der Waals surface area contributed by atoms with Crippen LogP contribution in [-0.4, -0.2) is 47.6 Å². The lowest BCUT2D eigenvalue weighted by Gasteiger charge is -2.39. The van der Waals surface area contributed by atoms with E-state index in [1.54, 1.807) is 0 Å². The number of aliphatic carboxylic acids is 1. The lowest BCUT2D eigenvalue weighted by molar-refractivity contribution is -0.152. The lowest BCUT2D eigenvalue weighted by Crippen LogP contribution is -2.48. The van der Waals surface area contributed by atoms with E-state index in [-0.39, 0.29) is 5.91 Å². The van der Waals surface area contributed by atoms with Crippen LogP contribution in [0.4, 0.5) is 0 Å². The summed E-state index contributed by atoms with van der Waals surface area (Å²) in [6, 6.07) is 0.393. The van der Waals surface area contributed by atoms with Gasteiger partial charge in [0.25, 0.3) is 0 Å². The fourth-order valence-electron chi connectivity index (χ4n) is 3.03. The number of carboxylic acids is 1. The molecule has 0 radical (unpaired) electrons. The van der Waals surface area contributed by atoms with Crippen molar-refractivity contribution in [3.63, 3.8) is 0 Å². The first kappa shape index (κ1) is 17.0. The number of carboxylic acid groups (broad SMARTS) is 1. The molecule has 1 heterocycles. The molecular weight excluding hydrogens is 280 g/mol. The Balaban J connectivity index is 1.88. The number of allylic oxidation sites excluding steroid dienone is 2. The van der Waals surface area contributed by atoms with Crippen LogP contribution in [0, 0.1) is 5.41 Å². The average Bonchev–Trinajstić information content (AvgIpc) is 3.27. The second-order valence-corrected chi connectivity index (χ2v) is 7.04. The fraction of sp³-hybridized carbons (Fsp3) is 0.765. The summed E-state index contributed by atoms with van der Waals surface area (Å²) in [6.07, 6.45) is 6.87. The van der Waals surface area contributed by atoms with Crippen molar-refractivity contribution in [1.82, 2.24) is 10.2 Å². The summed E-state index contributed by atoms with van der Waals surface area (Å²) in [7, 11) is 0. The van der Waals surface area contributed by atoms with Crippen LogP contribution in [0.2, 0.25) is 0 Å². The Morgan fingerprint density at radius 3 is 2.68 bits per heavy atom. The van der Waals surface area contributed by atoms with Gasteiger partial charge in [0.2, 0.25) is 5.91 Å². The van der Waals surface area contributed by atoms with Crippen molar-refractivity contribution in [2.45, 2.75) is 58.4 Å². The zero-order chi connectivity index (χ0) is 16.2. The molecule has 2 fully saturated rings. The molecule has 22 heavy (non-hydrogen) atoms. The predicted octanol–water partition coefficient (Wildman–Crippen LogP) is 2.18. The van der Waals surface area contributed by atoms with Crippen molar-refractivity contribution in [3.8, 4) is 0 Å². The van der Waals surface area contributed by atoms with Gasteiger partial charge in [0.05, 0.1) is 5.41 Å². The van der Waals surface area contributed by atoms with Gasteiger partial charge in [-0.3, -0.25) is 9.59 Å². The average molecular weight is 308 g/mol. The molecule has 1 saturated heterocycles. The first-order valence-corrected chi connectivity index (χ1v) is 8.30. The van der Waals surface area contributed by atoms with E-state index in [4.69, 9.17) is 0 Å². The van der Waals surface area contributed by atoms with E-state index >= 15 is 0 Å². The van der Waals surface area contributed by atoms with Crippen LogP contribution in [0.25, 0.3) is 0 Å². The Kier molecular flexibility index (Phi) is 5.62. The summed E-state index contributed by atoms with van der Waals surface area (Å²) in [4.78, 5) is 25.7. The molecule has 0 aromatic heterocycles. The van der Waals surface area contributed by atoms with Gasteiger partial charge in [-0.2, -0.15) is 0 Å². The summed E-state index contributed by atoms with van der Waals surface area (Å²) in [5.74, 6) is -0.615. The minimum atomic E-state index is -0.711. The highest BCUT2D eigenvalue weighted by Crippen LogP contribution is 2.34. The predicted molar refractivity (Wildman–Crippen MR) is 85.6 cm³/mol. The molecule has 2 rings (SSSR count). The van der Waals surface area contributed by atoms with E-state index in [2.05, 4.69) is 10.2 Å². The Morgan fingerprint density at radius 2 is 2.09 bits per heavy atom. The molecule has 124 valence electrons. The van der Waals surface area contributed by atoms with Crippen molar-refractivity contribution >= 4 is 11.9 Å². The molecule has 0 aromatic carbocycles. The van der Waals surface area contributed by atoms with Crippen molar-refractivity contribution in [1.29, 1.82) is 0 Å². The highest BCUT2D eigenvalue weighted by molar-refractivity contribution is 5.77. The normalized spacial score (nSPS) is 25.5. The number of piperidine rings is 1. The molecule has 1 atom stereocenters. The molecule has 0 aromatic rings. The van der Waals surface area contributed by atoms with Crippen LogP contribution < -0.4 is 5.32 Å². The maximum Gasteiger partial charge on any atom is 0.311 e. The van der Waals surface area contributed by atoms with Crippen LogP contribution >= 0.6 is 0 Å². The van der Waals surface area contributed by atoms with E-state index in [0.29, 0.717) is 32.0 Å². The van der Waals surface area contributed by atoms with Gasteiger partial charge in [0, 0.05) is 25.6 Å². The number of hydrogen-bond acceptors (Lipinski definition) is 3. The summed E-state index contributed by atoms with van der Waals surface area (Å²) in [6.45, 7) is 6.09. The first-order chi connectivity index (χ1) is 10.4. The molecule has 0 spiro atoms. The van der Waals surface area contributed by atoms with Crippen LogP contribution in [0.15, 0.2) is 11.6 Å². The maximum absolute atomic E-state index is 11.8. The minimum absolute atomic E-state index is 0.0956. The zero-order valence-corrected chi connectivity index (χ0v) is 13.7. The number of likely N-dealkylation sites (tertiary alicyclic amines) is 1. The number of nitrogens with one attached hydrogen (secondary N) is 1. The number of amides is 1. The SMILES string of the molecule is CC(C)=CC[C@@]1(C(=O)O)CCCN(CCC(=O)NC2CC2)C1. The highest BCUT2D eigenvalue weighted by atomic mass is 16.4. The minimum Gasteiger partial charge on any atom is -0.481 e. The molecule has 1 aliphatic carbocycles. The molecule has 1 aliphatic heterocycles. The number of carbonyl (C=O) groups excluding carboxylic acids is 1. The second-order valence-electron chi connectivity index (χ2n) is 7.04. The van der Waals surface area contributed by atoms with Gasteiger partial charge in [0.15, 0.2) is 0 Å². The van der Waals surface area contributed by atoms with Crippen LogP contribution in [-0.2, 0) is 9.59 Å². The number of carbonyl (C=O) groups is 2. The quantitative estimate of drug-likeness (QED) is 0.707. The third-order valence-electron chi connectivity index (χ3n) is 4.61. The number of nitrogens with zero attached hydrogens (tertiary/aromatic N) is 1. The van der Waals surface area contributed by atoms with Gasteiger partial charge in [0.1, 0.15) is 0 Å². The van der Waals surface area contributed by atoms with Gasteiger partial charge in [-0.05, 0) is 52.5 Å². The van der Waals surface area contributed by atoms with Crippen LogP contribution in [0.1, 0.15) is 52.4 Å². The molecular formula is C17H28N2O3. The summed E-state index contributed by atoms with van der Waals surface area (Å²) in [5.41, 5.74) is 0.462. The van der Waals surface area contributed by atoms with Gasteiger partial charge in [-0.15, -0.1) is 0 Å². The summed E-state index contributed by atoms with van der Waals surface area (Å²) in [5, 5.41) is 12.7. The molecule has 2 aliphatic rings. The molecule has 5 nitrogen and oxygen atoms in total. The van der Waals surface area contributed by atoms with Gasteiger partial charge >= 0.3 is 5.97 Å². The molecule has 1 amide bonds. The van der Waals surface area contributed by atoms with Crippen molar-refractivity contribution in [3.05, 3.63) is 11.6 Å². The first-order valence-electron chi connectivity index (χ1n) is 8.30. The highest BCUT2D eigenvalue weighted by Gasteiger charge is 2.41. The van der Waals surface area contributed by atoms with Crippen molar-refractivity contribution < 1.29 is 14.7 Å². The van der Waals surface area contributed by atoms with E-state index in [1.807, 2.05) is 19.9 Å². The standard InChI is InChI=1S/C17H28N2O3/c1-13(2)6-9-17(16(21)22)8-3-10-19(12-17)11-7-15(20)18-14-4-5-14/h6,14H,3-5,7-12H2,1-2H3,(H,18,20)(H,21,22)/t17-/m0/s1. The van der Waals surface area contributed by atoms with Gasteiger partial charge < -0.3 is 15.3 Å². The van der Waals surface area contributed by atoms with E-state index in [1.165, 1.54) is 0 Å². The maximum atomic E-state index is 11.8.